The van der Waals surface area contributed by atoms with Crippen molar-refractivity contribution in [3.8, 4) is 5.75 Å². The molecule has 2 aromatic carbocycles. The molecule has 3 heteroatoms. The lowest BCUT2D eigenvalue weighted by molar-refractivity contribution is 0.182. The van der Waals surface area contributed by atoms with Crippen molar-refractivity contribution in [1.82, 2.24) is 5.32 Å². The Morgan fingerprint density at radius 3 is 2.62 bits per heavy atom. The van der Waals surface area contributed by atoms with Crippen molar-refractivity contribution in [3.63, 3.8) is 0 Å². The van der Waals surface area contributed by atoms with E-state index in [2.05, 4.69) is 25.2 Å². The number of benzene rings is 2. The maximum Gasteiger partial charge on any atom is 0.124 e. The molecule has 1 heterocycles. The molecule has 21 heavy (non-hydrogen) atoms. The molecule has 2 unspecified atom stereocenters. The van der Waals surface area contributed by atoms with E-state index in [0.29, 0.717) is 12.5 Å². The van der Waals surface area contributed by atoms with Crippen LogP contribution in [0.5, 0.6) is 5.75 Å². The van der Waals surface area contributed by atoms with Crippen LogP contribution in [0.4, 0.5) is 4.39 Å². The van der Waals surface area contributed by atoms with E-state index in [1.54, 1.807) is 0 Å². The lowest BCUT2D eigenvalue weighted by Crippen LogP contribution is -2.35. The van der Waals surface area contributed by atoms with Crippen molar-refractivity contribution in [1.29, 1.82) is 0 Å². The minimum Gasteiger partial charge on any atom is -0.493 e. The molecule has 0 saturated carbocycles. The van der Waals surface area contributed by atoms with Crippen LogP contribution >= 0.6 is 0 Å². The van der Waals surface area contributed by atoms with E-state index in [4.69, 9.17) is 4.74 Å². The standard InChI is InChI=1S/C18H20FNO/c1-12-11-21-17-6-4-3-5-16(17)18(12)20-13(2)14-7-9-15(19)10-8-14/h3-10,12-13,18,20H,11H2,1-2H3/t12?,13-,18?/m1/s1. The Labute approximate surface area is 125 Å². The Hall–Kier alpha value is -1.87. The molecule has 1 aliphatic rings. The van der Waals surface area contributed by atoms with Crippen LogP contribution in [-0.4, -0.2) is 6.61 Å². The Balaban J connectivity index is 1.82. The molecule has 0 aliphatic carbocycles. The van der Waals surface area contributed by atoms with Gasteiger partial charge in [0.25, 0.3) is 0 Å². The van der Waals surface area contributed by atoms with Gasteiger partial charge in [0.2, 0.25) is 0 Å². The van der Waals surface area contributed by atoms with Gasteiger partial charge in [-0.15, -0.1) is 0 Å². The molecule has 3 rings (SSSR count). The zero-order valence-corrected chi connectivity index (χ0v) is 12.3. The largest absolute Gasteiger partial charge is 0.493 e. The van der Waals surface area contributed by atoms with Crippen LogP contribution in [0.15, 0.2) is 48.5 Å². The SMILES string of the molecule is CC1COc2ccccc2C1N[C@H](C)c1ccc(F)cc1. The van der Waals surface area contributed by atoms with E-state index < -0.39 is 0 Å². The molecule has 3 atom stereocenters. The lowest BCUT2D eigenvalue weighted by Gasteiger charge is -2.34. The summed E-state index contributed by atoms with van der Waals surface area (Å²) >= 11 is 0. The summed E-state index contributed by atoms with van der Waals surface area (Å²) in [6.45, 7) is 5.01. The van der Waals surface area contributed by atoms with E-state index in [0.717, 1.165) is 11.3 Å². The molecular formula is C18H20FNO. The second kappa shape index (κ2) is 5.86. The molecule has 0 bridgehead atoms. The zero-order valence-electron chi connectivity index (χ0n) is 12.3. The van der Waals surface area contributed by atoms with Crippen LogP contribution in [0, 0.1) is 11.7 Å². The molecule has 2 aromatic rings. The number of fused-ring (bicyclic) bond motifs is 1. The molecule has 1 aliphatic heterocycles. The molecule has 0 aromatic heterocycles. The van der Waals surface area contributed by atoms with Crippen molar-refractivity contribution in [2.75, 3.05) is 6.61 Å². The topological polar surface area (TPSA) is 21.3 Å². The van der Waals surface area contributed by atoms with E-state index in [9.17, 15) is 4.39 Å². The van der Waals surface area contributed by atoms with E-state index in [-0.39, 0.29) is 17.9 Å². The lowest BCUT2D eigenvalue weighted by atomic mass is 9.91. The molecule has 1 N–H and O–H groups in total. The summed E-state index contributed by atoms with van der Waals surface area (Å²) in [6, 6.07) is 15.3. The summed E-state index contributed by atoms with van der Waals surface area (Å²) in [5.74, 6) is 1.15. The van der Waals surface area contributed by atoms with Crippen LogP contribution in [0.1, 0.15) is 37.1 Å². The number of para-hydroxylation sites is 1. The van der Waals surface area contributed by atoms with Crippen molar-refractivity contribution in [2.45, 2.75) is 25.9 Å². The Kier molecular flexibility index (Phi) is 3.93. The van der Waals surface area contributed by atoms with Crippen molar-refractivity contribution in [2.24, 2.45) is 5.92 Å². The average Bonchev–Trinajstić information content (AvgIpc) is 2.51. The van der Waals surface area contributed by atoms with Crippen molar-refractivity contribution < 1.29 is 9.13 Å². The third-order valence-electron chi connectivity index (χ3n) is 4.12. The van der Waals surface area contributed by atoms with Gasteiger partial charge in [-0.2, -0.15) is 0 Å². The molecule has 0 saturated heterocycles. The van der Waals surface area contributed by atoms with Crippen LogP contribution in [0.2, 0.25) is 0 Å². The zero-order chi connectivity index (χ0) is 14.8. The Bertz CT molecular complexity index is 611. The first kappa shape index (κ1) is 14.1. The number of hydrogen-bond acceptors (Lipinski definition) is 2. The van der Waals surface area contributed by atoms with Crippen LogP contribution in [-0.2, 0) is 0 Å². The number of rotatable bonds is 3. The molecule has 0 spiro atoms. The fourth-order valence-electron chi connectivity index (χ4n) is 2.86. The summed E-state index contributed by atoms with van der Waals surface area (Å²) in [5.41, 5.74) is 2.29. The summed E-state index contributed by atoms with van der Waals surface area (Å²) < 4.78 is 18.8. The van der Waals surface area contributed by atoms with E-state index in [1.165, 1.54) is 17.7 Å². The monoisotopic (exact) mass is 285 g/mol. The highest BCUT2D eigenvalue weighted by molar-refractivity contribution is 5.38. The van der Waals surface area contributed by atoms with Crippen molar-refractivity contribution in [3.05, 3.63) is 65.5 Å². The molecule has 110 valence electrons. The highest BCUT2D eigenvalue weighted by Crippen LogP contribution is 2.36. The number of halogens is 1. The van der Waals surface area contributed by atoms with E-state index >= 15 is 0 Å². The van der Waals surface area contributed by atoms with Gasteiger partial charge in [-0.05, 0) is 30.7 Å². The molecule has 0 fully saturated rings. The second-order valence-electron chi connectivity index (χ2n) is 5.74. The van der Waals surface area contributed by atoms with Gasteiger partial charge in [0.15, 0.2) is 0 Å². The van der Waals surface area contributed by atoms with Gasteiger partial charge in [0.1, 0.15) is 11.6 Å². The summed E-state index contributed by atoms with van der Waals surface area (Å²) in [6.07, 6.45) is 0. The number of hydrogen-bond donors (Lipinski definition) is 1. The predicted octanol–water partition coefficient (Wildman–Crippen LogP) is 4.25. The van der Waals surface area contributed by atoms with Crippen LogP contribution in [0.3, 0.4) is 0 Å². The average molecular weight is 285 g/mol. The summed E-state index contributed by atoms with van der Waals surface area (Å²) in [7, 11) is 0. The van der Waals surface area contributed by atoms with Crippen molar-refractivity contribution >= 4 is 0 Å². The highest BCUT2D eigenvalue weighted by atomic mass is 19.1. The third kappa shape index (κ3) is 2.93. The fraction of sp³-hybridized carbons (Fsp3) is 0.333. The van der Waals surface area contributed by atoms with Gasteiger partial charge in [-0.1, -0.05) is 37.3 Å². The van der Waals surface area contributed by atoms with Gasteiger partial charge in [0.05, 0.1) is 6.61 Å². The van der Waals surface area contributed by atoms with Gasteiger partial charge >= 0.3 is 0 Å². The molecule has 2 nitrogen and oxygen atoms in total. The van der Waals surface area contributed by atoms with Gasteiger partial charge in [-0.25, -0.2) is 4.39 Å². The molecule has 0 radical (unpaired) electrons. The minimum atomic E-state index is -0.198. The quantitative estimate of drug-likeness (QED) is 0.910. The third-order valence-corrected chi connectivity index (χ3v) is 4.12. The number of nitrogens with one attached hydrogen (secondary N) is 1. The predicted molar refractivity (Wildman–Crippen MR) is 81.8 cm³/mol. The fourth-order valence-corrected chi connectivity index (χ4v) is 2.86. The van der Waals surface area contributed by atoms with E-state index in [1.807, 2.05) is 30.3 Å². The Morgan fingerprint density at radius 1 is 1.14 bits per heavy atom. The maximum atomic E-state index is 13.0. The Morgan fingerprint density at radius 2 is 1.86 bits per heavy atom. The summed E-state index contributed by atoms with van der Waals surface area (Å²) in [5, 5.41) is 3.66. The van der Waals surface area contributed by atoms with Crippen LogP contribution in [0.25, 0.3) is 0 Å². The number of ether oxygens (including phenoxy) is 1. The van der Waals surface area contributed by atoms with Gasteiger partial charge in [0, 0.05) is 23.6 Å². The van der Waals surface area contributed by atoms with Gasteiger partial charge < -0.3 is 10.1 Å². The first-order valence-corrected chi connectivity index (χ1v) is 7.38. The second-order valence-corrected chi connectivity index (χ2v) is 5.74. The first-order valence-electron chi connectivity index (χ1n) is 7.38. The normalized spacial score (nSPS) is 22.2. The van der Waals surface area contributed by atoms with Gasteiger partial charge in [-0.3, -0.25) is 0 Å². The molecule has 0 amide bonds. The highest BCUT2D eigenvalue weighted by Gasteiger charge is 2.28. The smallest absolute Gasteiger partial charge is 0.124 e. The minimum absolute atomic E-state index is 0.157. The molecular weight excluding hydrogens is 265 g/mol. The first-order chi connectivity index (χ1) is 10.1. The maximum absolute atomic E-state index is 13.0. The summed E-state index contributed by atoms with van der Waals surface area (Å²) in [4.78, 5) is 0. The van der Waals surface area contributed by atoms with Crippen LogP contribution < -0.4 is 10.1 Å².